The molecule has 0 radical (unpaired) electrons. The maximum atomic E-state index is 14.0. The molecule has 0 atom stereocenters. The zero-order chi connectivity index (χ0) is 37.6. The van der Waals surface area contributed by atoms with Crippen molar-refractivity contribution in [2.75, 3.05) is 51.7 Å². The van der Waals surface area contributed by atoms with Crippen LogP contribution in [0.1, 0.15) is 39.5 Å². The van der Waals surface area contributed by atoms with Crippen LogP contribution in [0, 0.1) is 5.92 Å². The van der Waals surface area contributed by atoms with Gasteiger partial charge in [0.2, 0.25) is 5.91 Å². The summed E-state index contributed by atoms with van der Waals surface area (Å²) in [4.78, 5) is 63.2. The van der Waals surface area contributed by atoms with Crippen LogP contribution in [0.2, 0.25) is 5.02 Å². The predicted octanol–water partition coefficient (Wildman–Crippen LogP) is 2.98. The monoisotopic (exact) mass is 746 g/mol. The summed E-state index contributed by atoms with van der Waals surface area (Å²) in [6.07, 6.45) is 1.60. The van der Waals surface area contributed by atoms with Gasteiger partial charge in [-0.2, -0.15) is 18.3 Å². The molecule has 20 heteroatoms. The summed E-state index contributed by atoms with van der Waals surface area (Å²) in [7, 11) is 2.80. The highest BCUT2D eigenvalue weighted by Gasteiger charge is 2.39. The van der Waals surface area contributed by atoms with Crippen LogP contribution in [0.15, 0.2) is 43.0 Å². The van der Waals surface area contributed by atoms with Gasteiger partial charge >= 0.3 is 6.18 Å². The van der Waals surface area contributed by atoms with E-state index in [4.69, 9.17) is 26.2 Å². The molecule has 2 aliphatic heterocycles. The van der Waals surface area contributed by atoms with Crippen molar-refractivity contribution in [1.82, 2.24) is 44.4 Å². The highest BCUT2D eigenvalue weighted by atomic mass is 35.5. The Labute approximate surface area is 299 Å². The van der Waals surface area contributed by atoms with Gasteiger partial charge in [-0.1, -0.05) is 11.6 Å². The molecule has 3 aromatic heterocycles. The number of halogens is 4. The minimum absolute atomic E-state index is 0.00891. The molecule has 1 aromatic carbocycles. The molecule has 0 saturated carbocycles. The Balaban J connectivity index is 0.00000168. The lowest BCUT2D eigenvalue weighted by Crippen LogP contribution is -2.52. The van der Waals surface area contributed by atoms with Gasteiger partial charge in [-0.15, -0.1) is 0 Å². The van der Waals surface area contributed by atoms with Crippen molar-refractivity contribution < 1.29 is 42.2 Å². The molecule has 0 bridgehead atoms. The van der Waals surface area contributed by atoms with E-state index < -0.39 is 17.8 Å². The number of hydrogen-bond donors (Lipinski definition) is 3. The number of nitrogens with one attached hydrogen (secondary N) is 2. The van der Waals surface area contributed by atoms with E-state index in [2.05, 4.69) is 30.7 Å². The van der Waals surface area contributed by atoms with Gasteiger partial charge in [-0.25, -0.2) is 19.6 Å². The number of nitrogens with zero attached hydrogens (tertiary/aromatic N) is 8. The molecule has 52 heavy (non-hydrogen) atoms. The Morgan fingerprint density at radius 2 is 1.67 bits per heavy atom. The fourth-order valence-electron chi connectivity index (χ4n) is 5.86. The molecule has 3 N–H and O–H groups in total. The lowest BCUT2D eigenvalue weighted by Gasteiger charge is -2.37. The number of carbonyl (C=O) groups is 4. The highest BCUT2D eigenvalue weighted by Crippen LogP contribution is 2.37. The number of carbonyl (C=O) groups excluding carboxylic acids is 3. The van der Waals surface area contributed by atoms with Crippen LogP contribution in [0.5, 0.6) is 5.75 Å². The van der Waals surface area contributed by atoms with Crippen LogP contribution >= 0.6 is 11.6 Å². The van der Waals surface area contributed by atoms with Crippen molar-refractivity contribution in [3.05, 3.63) is 65.1 Å². The molecule has 0 spiro atoms. The van der Waals surface area contributed by atoms with Crippen LogP contribution < -0.4 is 15.4 Å². The number of piperidine rings is 1. The number of methoxy groups -OCH3 is 1. The third kappa shape index (κ3) is 8.31. The average molecular weight is 747 g/mol. The number of ether oxygens (including phenoxy) is 1. The van der Waals surface area contributed by atoms with E-state index in [1.807, 2.05) is 4.90 Å². The van der Waals surface area contributed by atoms with Crippen molar-refractivity contribution in [1.29, 1.82) is 0 Å². The van der Waals surface area contributed by atoms with Gasteiger partial charge in [-0.05, 0) is 44.1 Å². The number of carboxylic acid groups (broad SMARTS) is 1. The van der Waals surface area contributed by atoms with Crippen molar-refractivity contribution in [3.8, 4) is 23.0 Å². The second-order valence-corrected chi connectivity index (χ2v) is 12.1. The Bertz CT molecular complexity index is 1920. The normalized spacial score (nSPS) is 15.0. The summed E-state index contributed by atoms with van der Waals surface area (Å²) in [5, 5.41) is 16.5. The molecular formula is C32H34ClF3N10O6. The fourth-order valence-corrected chi connectivity index (χ4v) is 6.12. The minimum atomic E-state index is -4.84. The standard InChI is InChI=1S/C31H32ClF3N10O4.CH2O2/c1-42-24(22-17-45(41-25(22)31(33,34)35)30-38-14-20(49-2)15-39-30)16-37-26(42)27(46)40-19-3-4-21(23(32)13-19)29(48)44-11-9-43(10-12-44)28(47)18-5-7-36-8-6-18;2-1-3/h3-4,13-18,36H,5-12H2,1-2H3,(H,40,46);1H,(H,2,3). The smallest absolute Gasteiger partial charge is 0.435 e. The van der Waals surface area contributed by atoms with Crippen LogP contribution in [0.25, 0.3) is 17.2 Å². The quantitative estimate of drug-likeness (QED) is 0.236. The summed E-state index contributed by atoms with van der Waals surface area (Å²) in [5.41, 5.74) is -1.12. The van der Waals surface area contributed by atoms with Crippen molar-refractivity contribution in [2.45, 2.75) is 19.0 Å². The molecule has 5 heterocycles. The number of amides is 3. The highest BCUT2D eigenvalue weighted by molar-refractivity contribution is 6.34. The van der Waals surface area contributed by atoms with Crippen molar-refractivity contribution in [2.24, 2.45) is 13.0 Å². The molecule has 2 saturated heterocycles. The first kappa shape index (κ1) is 37.7. The topological polar surface area (TPSA) is 190 Å². The first-order valence-corrected chi connectivity index (χ1v) is 16.3. The van der Waals surface area contributed by atoms with Crippen LogP contribution in [-0.4, -0.2) is 115 Å². The van der Waals surface area contributed by atoms with E-state index in [9.17, 15) is 27.6 Å². The number of imidazole rings is 1. The zero-order valence-electron chi connectivity index (χ0n) is 27.9. The number of aromatic nitrogens is 6. The molecule has 4 aromatic rings. The number of piperazine rings is 1. The van der Waals surface area contributed by atoms with E-state index in [0.29, 0.717) is 31.9 Å². The third-order valence-corrected chi connectivity index (χ3v) is 8.84. The van der Waals surface area contributed by atoms with E-state index in [0.717, 1.165) is 43.0 Å². The van der Waals surface area contributed by atoms with E-state index in [-0.39, 0.29) is 63.5 Å². The van der Waals surface area contributed by atoms with Crippen LogP contribution in [0.4, 0.5) is 18.9 Å². The van der Waals surface area contributed by atoms with Crippen LogP contribution in [0.3, 0.4) is 0 Å². The molecular weight excluding hydrogens is 713 g/mol. The SMILES string of the molecule is COc1cnc(-n2cc(-c3cnc(C(=O)Nc4ccc(C(=O)N5CCN(C(=O)C6CCNCC6)CC5)c(Cl)c4)n3C)c(C(F)(F)F)n2)nc1.O=CO. The van der Waals surface area contributed by atoms with Gasteiger partial charge in [0.1, 0.15) is 0 Å². The second-order valence-electron chi connectivity index (χ2n) is 11.7. The lowest BCUT2D eigenvalue weighted by molar-refractivity contribution is -0.141. The third-order valence-electron chi connectivity index (χ3n) is 8.53. The van der Waals surface area contributed by atoms with Gasteiger partial charge in [0, 0.05) is 51.0 Å². The average Bonchev–Trinajstić information content (AvgIpc) is 3.76. The number of anilines is 1. The first-order chi connectivity index (χ1) is 24.9. The minimum Gasteiger partial charge on any atom is -0.494 e. The molecule has 16 nitrogen and oxygen atoms in total. The summed E-state index contributed by atoms with van der Waals surface area (Å²) in [5.74, 6) is -0.886. The first-order valence-electron chi connectivity index (χ1n) is 15.9. The summed E-state index contributed by atoms with van der Waals surface area (Å²) >= 11 is 6.48. The van der Waals surface area contributed by atoms with Crippen molar-refractivity contribution in [3.63, 3.8) is 0 Å². The number of alkyl halides is 3. The summed E-state index contributed by atoms with van der Waals surface area (Å²) in [6, 6.07) is 4.40. The Hall–Kier alpha value is -5.56. The predicted molar refractivity (Wildman–Crippen MR) is 179 cm³/mol. The summed E-state index contributed by atoms with van der Waals surface area (Å²) in [6.45, 7) is 3.01. The number of rotatable bonds is 7. The van der Waals surface area contributed by atoms with Gasteiger partial charge in [0.25, 0.3) is 24.2 Å². The van der Waals surface area contributed by atoms with Gasteiger partial charge in [0.15, 0.2) is 17.3 Å². The Kier molecular flexibility index (Phi) is 11.7. The molecule has 0 unspecified atom stereocenters. The number of hydrogen-bond acceptors (Lipinski definition) is 10. The molecule has 3 amide bonds. The molecule has 2 fully saturated rings. The maximum absolute atomic E-state index is 14.0. The molecule has 0 aliphatic carbocycles. The van der Waals surface area contributed by atoms with Gasteiger partial charge < -0.3 is 34.8 Å². The second kappa shape index (κ2) is 16.2. The molecule has 6 rings (SSSR count). The van der Waals surface area contributed by atoms with Gasteiger partial charge in [-0.3, -0.25) is 19.2 Å². The molecule has 276 valence electrons. The van der Waals surface area contributed by atoms with Crippen LogP contribution in [-0.2, 0) is 22.8 Å². The largest absolute Gasteiger partial charge is 0.494 e. The molecule has 2 aliphatic rings. The Morgan fingerprint density at radius 3 is 2.27 bits per heavy atom. The lowest BCUT2D eigenvalue weighted by atomic mass is 9.96. The van der Waals surface area contributed by atoms with Gasteiger partial charge in [0.05, 0.1) is 47.5 Å². The van der Waals surface area contributed by atoms with E-state index in [1.165, 1.54) is 49.3 Å². The van der Waals surface area contributed by atoms with Crippen molar-refractivity contribution >= 4 is 41.5 Å². The van der Waals surface area contributed by atoms with E-state index >= 15 is 0 Å². The maximum Gasteiger partial charge on any atom is 0.435 e. The summed E-state index contributed by atoms with van der Waals surface area (Å²) < 4.78 is 49.2. The number of benzene rings is 1. The Morgan fingerprint density at radius 1 is 1.04 bits per heavy atom. The van der Waals surface area contributed by atoms with E-state index in [1.54, 1.807) is 4.90 Å². The fraction of sp³-hybridized carbons (Fsp3) is 0.375. The zero-order valence-corrected chi connectivity index (χ0v) is 28.7.